The Balaban J connectivity index is 2.00. The molecule has 3 N–H and O–H groups in total. The molecule has 2 heterocycles. The summed E-state index contributed by atoms with van der Waals surface area (Å²) in [6, 6.07) is -0.724. The number of rotatable bonds is 4. The van der Waals surface area contributed by atoms with Crippen molar-refractivity contribution in [2.45, 2.75) is 31.8 Å². The first kappa shape index (κ1) is 13.1. The normalized spacial score (nSPS) is 21.0. The molecule has 2 unspecified atom stereocenters. The zero-order valence-electron chi connectivity index (χ0n) is 10.0. The van der Waals surface area contributed by atoms with Gasteiger partial charge in [-0.05, 0) is 12.8 Å². The second kappa shape index (κ2) is 5.53. The van der Waals surface area contributed by atoms with Crippen molar-refractivity contribution in [2.75, 3.05) is 5.75 Å². The van der Waals surface area contributed by atoms with Gasteiger partial charge in [-0.15, -0.1) is 0 Å². The van der Waals surface area contributed by atoms with Crippen LogP contribution in [0, 0.1) is 0 Å². The molecule has 0 saturated carbocycles. The lowest BCUT2D eigenvalue weighted by molar-refractivity contribution is -0.112. The average molecular weight is 269 g/mol. The van der Waals surface area contributed by atoms with Gasteiger partial charge in [0.05, 0.1) is 12.1 Å². The van der Waals surface area contributed by atoms with Crippen molar-refractivity contribution in [3.05, 3.63) is 17.8 Å². The molecule has 6 nitrogen and oxygen atoms in total. The van der Waals surface area contributed by atoms with Gasteiger partial charge in [0.1, 0.15) is 6.26 Å². The van der Waals surface area contributed by atoms with Crippen LogP contribution in [-0.2, 0) is 4.79 Å². The maximum Gasteiger partial charge on any atom is 0.273 e. The number of nitrogens with one attached hydrogen (secondary N) is 1. The monoisotopic (exact) mass is 269 g/mol. The summed E-state index contributed by atoms with van der Waals surface area (Å²) < 4.78 is 5.14. The molecular formula is C11H15N3O3S. The molecule has 1 saturated heterocycles. The SMILES string of the molecule is CCC(N)c1nc(C(=O)NC2CCSC2=O)co1. The standard InChI is InChI=1S/C11H15N3O3S/c1-2-6(12)10-14-8(5-17-10)9(15)13-7-3-4-18-11(7)16/h5-7H,2-4,12H2,1H3,(H,13,15). The fraction of sp³-hybridized carbons (Fsp3) is 0.545. The predicted molar refractivity (Wildman–Crippen MR) is 67.1 cm³/mol. The molecule has 0 bridgehead atoms. The van der Waals surface area contributed by atoms with E-state index in [4.69, 9.17) is 10.2 Å². The molecule has 0 radical (unpaired) electrons. The van der Waals surface area contributed by atoms with Crippen molar-refractivity contribution >= 4 is 22.8 Å². The Labute approximate surface area is 109 Å². The van der Waals surface area contributed by atoms with Crippen molar-refractivity contribution in [3.63, 3.8) is 0 Å². The summed E-state index contributed by atoms with van der Waals surface area (Å²) in [6.07, 6.45) is 2.61. The molecule has 1 aliphatic heterocycles. The number of aromatic nitrogens is 1. The first-order valence-corrected chi connectivity index (χ1v) is 6.79. The summed E-state index contributed by atoms with van der Waals surface area (Å²) in [6.45, 7) is 1.91. The minimum atomic E-state index is -0.414. The zero-order valence-corrected chi connectivity index (χ0v) is 10.8. The number of hydrogen-bond acceptors (Lipinski definition) is 6. The number of carbonyl (C=O) groups is 2. The van der Waals surface area contributed by atoms with Crippen molar-refractivity contribution in [1.29, 1.82) is 0 Å². The van der Waals surface area contributed by atoms with E-state index in [0.29, 0.717) is 18.7 Å². The van der Waals surface area contributed by atoms with Gasteiger partial charge >= 0.3 is 0 Å². The van der Waals surface area contributed by atoms with Crippen LogP contribution < -0.4 is 11.1 Å². The van der Waals surface area contributed by atoms with Crippen molar-refractivity contribution in [2.24, 2.45) is 5.73 Å². The van der Waals surface area contributed by atoms with E-state index in [9.17, 15) is 9.59 Å². The molecule has 1 aromatic rings. The van der Waals surface area contributed by atoms with Gasteiger partial charge in [0.25, 0.3) is 5.91 Å². The van der Waals surface area contributed by atoms with Crippen LogP contribution in [-0.4, -0.2) is 27.8 Å². The van der Waals surface area contributed by atoms with Crippen LogP contribution in [0.15, 0.2) is 10.7 Å². The molecule has 98 valence electrons. The van der Waals surface area contributed by atoms with Crippen molar-refractivity contribution < 1.29 is 14.0 Å². The maximum absolute atomic E-state index is 11.8. The molecule has 7 heteroatoms. The first-order chi connectivity index (χ1) is 8.61. The molecule has 2 atom stereocenters. The molecule has 1 fully saturated rings. The van der Waals surface area contributed by atoms with Gasteiger partial charge < -0.3 is 15.5 Å². The quantitative estimate of drug-likeness (QED) is 0.840. The second-order valence-corrected chi connectivity index (χ2v) is 5.17. The van der Waals surface area contributed by atoms with Crippen molar-refractivity contribution in [1.82, 2.24) is 10.3 Å². The fourth-order valence-corrected chi connectivity index (χ4v) is 2.53. The average Bonchev–Trinajstić information content (AvgIpc) is 2.98. The summed E-state index contributed by atoms with van der Waals surface area (Å²) in [4.78, 5) is 27.2. The van der Waals surface area contributed by atoms with Crippen LogP contribution in [0.5, 0.6) is 0 Å². The molecule has 0 aliphatic carbocycles. The van der Waals surface area contributed by atoms with Crippen molar-refractivity contribution in [3.8, 4) is 0 Å². The Kier molecular flexibility index (Phi) is 4.03. The van der Waals surface area contributed by atoms with E-state index in [0.717, 1.165) is 5.75 Å². The predicted octanol–water partition coefficient (Wildman–Crippen LogP) is 0.846. The number of nitrogens with two attached hydrogens (primary N) is 1. The molecule has 1 aromatic heterocycles. The van der Waals surface area contributed by atoms with Gasteiger partial charge in [-0.3, -0.25) is 9.59 Å². The zero-order chi connectivity index (χ0) is 13.1. The van der Waals surface area contributed by atoms with Crippen LogP contribution in [0.1, 0.15) is 42.2 Å². The van der Waals surface area contributed by atoms with E-state index in [1.165, 1.54) is 18.0 Å². The van der Waals surface area contributed by atoms with Crippen LogP contribution in [0.3, 0.4) is 0 Å². The third kappa shape index (κ3) is 2.73. The summed E-state index contributed by atoms with van der Waals surface area (Å²) in [5.41, 5.74) is 5.91. The Bertz CT molecular complexity index is 460. The highest BCUT2D eigenvalue weighted by Crippen LogP contribution is 2.20. The van der Waals surface area contributed by atoms with Gasteiger partial charge in [0, 0.05) is 5.75 Å². The number of carbonyl (C=O) groups excluding carboxylic acids is 2. The molecule has 18 heavy (non-hydrogen) atoms. The largest absolute Gasteiger partial charge is 0.446 e. The lowest BCUT2D eigenvalue weighted by atomic mass is 10.2. The van der Waals surface area contributed by atoms with E-state index >= 15 is 0 Å². The Morgan fingerprint density at radius 1 is 1.78 bits per heavy atom. The van der Waals surface area contributed by atoms with Gasteiger partial charge in [0.15, 0.2) is 5.69 Å². The number of thioether (sulfide) groups is 1. The Morgan fingerprint density at radius 2 is 2.56 bits per heavy atom. The number of nitrogens with zero attached hydrogens (tertiary/aromatic N) is 1. The van der Waals surface area contributed by atoms with Crippen LogP contribution in [0.2, 0.25) is 0 Å². The summed E-state index contributed by atoms with van der Waals surface area (Å²) in [5, 5.41) is 2.64. The lowest BCUT2D eigenvalue weighted by Crippen LogP contribution is -2.37. The minimum Gasteiger partial charge on any atom is -0.446 e. The van der Waals surface area contributed by atoms with Crippen LogP contribution in [0.4, 0.5) is 0 Å². The van der Waals surface area contributed by atoms with E-state index in [1.54, 1.807) is 0 Å². The molecule has 1 aliphatic rings. The second-order valence-electron chi connectivity index (χ2n) is 4.07. The lowest BCUT2D eigenvalue weighted by Gasteiger charge is -2.07. The molecular weight excluding hydrogens is 254 g/mol. The molecule has 0 spiro atoms. The highest BCUT2D eigenvalue weighted by atomic mass is 32.2. The first-order valence-electron chi connectivity index (χ1n) is 5.80. The molecule has 2 rings (SSSR count). The third-order valence-corrected chi connectivity index (χ3v) is 3.76. The van der Waals surface area contributed by atoms with E-state index in [-0.39, 0.29) is 16.9 Å². The smallest absolute Gasteiger partial charge is 0.273 e. The number of amides is 1. The van der Waals surface area contributed by atoms with E-state index < -0.39 is 11.9 Å². The van der Waals surface area contributed by atoms with Gasteiger partial charge in [0.2, 0.25) is 11.0 Å². The van der Waals surface area contributed by atoms with Gasteiger partial charge in [-0.25, -0.2) is 4.98 Å². The highest BCUT2D eigenvalue weighted by Gasteiger charge is 2.28. The molecule has 0 aromatic carbocycles. The number of oxazole rings is 1. The van der Waals surface area contributed by atoms with Gasteiger partial charge in [-0.2, -0.15) is 0 Å². The van der Waals surface area contributed by atoms with Gasteiger partial charge in [-0.1, -0.05) is 18.7 Å². The summed E-state index contributed by atoms with van der Waals surface area (Å²) in [5.74, 6) is 0.693. The van der Waals surface area contributed by atoms with E-state index in [2.05, 4.69) is 10.3 Å². The highest BCUT2D eigenvalue weighted by molar-refractivity contribution is 8.14. The third-order valence-electron chi connectivity index (χ3n) is 2.75. The Hall–Kier alpha value is -1.34. The molecule has 1 amide bonds. The maximum atomic E-state index is 11.8. The van der Waals surface area contributed by atoms with E-state index in [1.807, 2.05) is 6.92 Å². The Morgan fingerprint density at radius 3 is 3.17 bits per heavy atom. The minimum absolute atomic E-state index is 0.00247. The van der Waals surface area contributed by atoms with Crippen LogP contribution in [0.25, 0.3) is 0 Å². The summed E-state index contributed by atoms with van der Waals surface area (Å²) >= 11 is 1.24. The topological polar surface area (TPSA) is 98.2 Å². The summed E-state index contributed by atoms with van der Waals surface area (Å²) in [7, 11) is 0. The van der Waals surface area contributed by atoms with Crippen LogP contribution >= 0.6 is 11.8 Å². The number of hydrogen-bond donors (Lipinski definition) is 2. The fourth-order valence-electron chi connectivity index (χ4n) is 1.60.